The SMILES string of the molecule is Cc1cc(-n2cccn2)ccc1CN1CCCC[C@@H]1CN1CCOCC1. The molecule has 0 saturated carbocycles. The van der Waals surface area contributed by atoms with E-state index in [0.29, 0.717) is 6.04 Å². The zero-order valence-electron chi connectivity index (χ0n) is 15.8. The molecule has 5 heteroatoms. The number of aromatic nitrogens is 2. The fraction of sp³-hybridized carbons (Fsp3) is 0.571. The van der Waals surface area contributed by atoms with Gasteiger partial charge in [0.15, 0.2) is 0 Å². The van der Waals surface area contributed by atoms with Gasteiger partial charge in [-0.05, 0) is 55.6 Å². The summed E-state index contributed by atoms with van der Waals surface area (Å²) in [7, 11) is 0. The van der Waals surface area contributed by atoms with E-state index in [2.05, 4.69) is 40.0 Å². The Hall–Kier alpha value is -1.69. The highest BCUT2D eigenvalue weighted by atomic mass is 16.5. The highest BCUT2D eigenvalue weighted by molar-refractivity contribution is 5.39. The number of ether oxygens (including phenoxy) is 1. The molecule has 1 atom stereocenters. The van der Waals surface area contributed by atoms with Gasteiger partial charge in [0.05, 0.1) is 18.9 Å². The standard InChI is InChI=1S/C21H30N4O/c1-18-15-20(25-10-4-8-22-25)7-6-19(18)16-24-9-3-2-5-21(24)17-23-11-13-26-14-12-23/h4,6-8,10,15,21H,2-3,5,9,11-14,16-17H2,1H3/t21-/m1/s1. The van der Waals surface area contributed by atoms with Gasteiger partial charge in [0.25, 0.3) is 0 Å². The third-order valence-electron chi connectivity index (χ3n) is 5.79. The molecule has 2 aromatic rings. The van der Waals surface area contributed by atoms with Crippen LogP contribution in [0.1, 0.15) is 30.4 Å². The van der Waals surface area contributed by atoms with Crippen LogP contribution in [-0.2, 0) is 11.3 Å². The Labute approximate surface area is 156 Å². The molecule has 2 saturated heterocycles. The second-order valence-corrected chi connectivity index (χ2v) is 7.59. The number of hydrogen-bond donors (Lipinski definition) is 0. The molecule has 0 radical (unpaired) electrons. The van der Waals surface area contributed by atoms with E-state index in [-0.39, 0.29) is 0 Å². The van der Waals surface area contributed by atoms with Crippen molar-refractivity contribution in [2.75, 3.05) is 39.4 Å². The van der Waals surface area contributed by atoms with Crippen molar-refractivity contribution in [3.05, 3.63) is 47.8 Å². The number of aryl methyl sites for hydroxylation is 1. The molecule has 2 aliphatic rings. The summed E-state index contributed by atoms with van der Waals surface area (Å²) in [5.41, 5.74) is 3.93. The van der Waals surface area contributed by atoms with Crippen LogP contribution in [0.5, 0.6) is 0 Å². The van der Waals surface area contributed by atoms with E-state index in [1.807, 2.05) is 23.1 Å². The first-order valence-corrected chi connectivity index (χ1v) is 9.93. The summed E-state index contributed by atoms with van der Waals surface area (Å²) >= 11 is 0. The summed E-state index contributed by atoms with van der Waals surface area (Å²) in [5, 5.41) is 4.34. The van der Waals surface area contributed by atoms with Gasteiger partial charge >= 0.3 is 0 Å². The third-order valence-corrected chi connectivity index (χ3v) is 5.79. The molecule has 2 fully saturated rings. The summed E-state index contributed by atoms with van der Waals surface area (Å²) in [6.45, 7) is 9.64. The lowest BCUT2D eigenvalue weighted by Crippen LogP contribution is -2.49. The second kappa shape index (κ2) is 8.33. The Kier molecular flexibility index (Phi) is 5.68. The lowest BCUT2D eigenvalue weighted by molar-refractivity contribution is 0.0153. The van der Waals surface area contributed by atoms with Crippen LogP contribution in [0.25, 0.3) is 5.69 Å². The average Bonchev–Trinajstić information content (AvgIpc) is 3.20. The van der Waals surface area contributed by atoms with Crippen LogP contribution in [0.15, 0.2) is 36.7 Å². The first kappa shape index (κ1) is 17.7. The fourth-order valence-corrected chi connectivity index (χ4v) is 4.20. The molecular weight excluding hydrogens is 324 g/mol. The van der Waals surface area contributed by atoms with E-state index in [1.54, 1.807) is 0 Å². The normalized spacial score (nSPS) is 22.6. The number of rotatable bonds is 5. The van der Waals surface area contributed by atoms with Crippen LogP contribution in [0.4, 0.5) is 0 Å². The van der Waals surface area contributed by atoms with Gasteiger partial charge in [-0.15, -0.1) is 0 Å². The maximum Gasteiger partial charge on any atom is 0.0648 e. The Morgan fingerprint density at radius 2 is 2.04 bits per heavy atom. The van der Waals surface area contributed by atoms with Crippen LogP contribution in [0, 0.1) is 6.92 Å². The lowest BCUT2D eigenvalue weighted by atomic mass is 9.99. The van der Waals surface area contributed by atoms with Crippen molar-refractivity contribution < 1.29 is 4.74 Å². The minimum Gasteiger partial charge on any atom is -0.379 e. The molecule has 3 heterocycles. The van der Waals surface area contributed by atoms with Crippen LogP contribution in [-0.4, -0.2) is 65.0 Å². The van der Waals surface area contributed by atoms with Gasteiger partial charge in [-0.25, -0.2) is 4.68 Å². The predicted octanol–water partition coefficient (Wildman–Crippen LogP) is 2.87. The summed E-state index contributed by atoms with van der Waals surface area (Å²) in [6, 6.07) is 9.37. The first-order valence-electron chi connectivity index (χ1n) is 9.93. The highest BCUT2D eigenvalue weighted by Gasteiger charge is 2.25. The molecule has 0 spiro atoms. The first-order chi connectivity index (χ1) is 12.8. The molecule has 2 aliphatic heterocycles. The monoisotopic (exact) mass is 354 g/mol. The number of morpholine rings is 1. The van der Waals surface area contributed by atoms with Crippen LogP contribution in [0.2, 0.25) is 0 Å². The quantitative estimate of drug-likeness (QED) is 0.827. The average molecular weight is 354 g/mol. The zero-order valence-corrected chi connectivity index (χ0v) is 15.8. The topological polar surface area (TPSA) is 33.5 Å². The van der Waals surface area contributed by atoms with Gasteiger partial charge < -0.3 is 4.74 Å². The summed E-state index contributed by atoms with van der Waals surface area (Å²) in [5.74, 6) is 0. The molecule has 1 aromatic carbocycles. The summed E-state index contributed by atoms with van der Waals surface area (Å²) in [6.07, 6.45) is 7.83. The van der Waals surface area contributed by atoms with Gasteiger partial charge in [0.1, 0.15) is 0 Å². The number of benzene rings is 1. The van der Waals surface area contributed by atoms with Gasteiger partial charge in [0, 0.05) is 44.6 Å². The van der Waals surface area contributed by atoms with Crippen LogP contribution < -0.4 is 0 Å². The Morgan fingerprint density at radius 3 is 2.81 bits per heavy atom. The Morgan fingerprint density at radius 1 is 1.15 bits per heavy atom. The smallest absolute Gasteiger partial charge is 0.0648 e. The maximum absolute atomic E-state index is 5.51. The van der Waals surface area contributed by atoms with E-state index >= 15 is 0 Å². The van der Waals surface area contributed by atoms with Crippen molar-refractivity contribution in [1.29, 1.82) is 0 Å². The van der Waals surface area contributed by atoms with Crippen LogP contribution >= 0.6 is 0 Å². The van der Waals surface area contributed by atoms with E-state index < -0.39 is 0 Å². The molecule has 5 nitrogen and oxygen atoms in total. The minimum absolute atomic E-state index is 0.673. The van der Waals surface area contributed by atoms with Gasteiger partial charge in [-0.1, -0.05) is 12.5 Å². The number of likely N-dealkylation sites (tertiary alicyclic amines) is 1. The van der Waals surface area contributed by atoms with Crippen molar-refractivity contribution in [2.45, 2.75) is 38.8 Å². The largest absolute Gasteiger partial charge is 0.379 e. The minimum atomic E-state index is 0.673. The molecule has 0 aliphatic carbocycles. The molecule has 1 aromatic heterocycles. The molecule has 0 bridgehead atoms. The highest BCUT2D eigenvalue weighted by Crippen LogP contribution is 2.23. The van der Waals surface area contributed by atoms with Crippen molar-refractivity contribution in [1.82, 2.24) is 19.6 Å². The summed E-state index contributed by atoms with van der Waals surface area (Å²) < 4.78 is 7.44. The van der Waals surface area contributed by atoms with Crippen molar-refractivity contribution >= 4 is 0 Å². The second-order valence-electron chi connectivity index (χ2n) is 7.59. The van der Waals surface area contributed by atoms with E-state index in [1.165, 1.54) is 43.5 Å². The van der Waals surface area contributed by atoms with Crippen molar-refractivity contribution in [3.63, 3.8) is 0 Å². The molecule has 0 N–H and O–H groups in total. The van der Waals surface area contributed by atoms with E-state index in [9.17, 15) is 0 Å². The number of nitrogens with zero attached hydrogens (tertiary/aromatic N) is 4. The van der Waals surface area contributed by atoms with Crippen molar-refractivity contribution in [3.8, 4) is 5.69 Å². The van der Waals surface area contributed by atoms with Crippen molar-refractivity contribution in [2.24, 2.45) is 0 Å². The predicted molar refractivity (Wildman–Crippen MR) is 104 cm³/mol. The molecule has 140 valence electrons. The van der Waals surface area contributed by atoms with E-state index in [4.69, 9.17) is 4.74 Å². The lowest BCUT2D eigenvalue weighted by Gasteiger charge is -2.40. The Balaban J connectivity index is 1.44. The van der Waals surface area contributed by atoms with Gasteiger partial charge in [-0.2, -0.15) is 5.10 Å². The number of piperidine rings is 1. The van der Waals surface area contributed by atoms with Gasteiger partial charge in [0.2, 0.25) is 0 Å². The zero-order chi connectivity index (χ0) is 17.8. The fourth-order valence-electron chi connectivity index (χ4n) is 4.20. The molecule has 0 unspecified atom stereocenters. The molecule has 26 heavy (non-hydrogen) atoms. The third kappa shape index (κ3) is 4.17. The van der Waals surface area contributed by atoms with Gasteiger partial charge in [-0.3, -0.25) is 9.80 Å². The van der Waals surface area contributed by atoms with Crippen LogP contribution in [0.3, 0.4) is 0 Å². The Bertz CT molecular complexity index is 694. The molecule has 4 rings (SSSR count). The summed E-state index contributed by atoms with van der Waals surface area (Å²) in [4.78, 5) is 5.29. The maximum atomic E-state index is 5.51. The van der Waals surface area contributed by atoms with E-state index in [0.717, 1.165) is 38.5 Å². The molecular formula is C21H30N4O. The number of hydrogen-bond acceptors (Lipinski definition) is 4. The molecule has 0 amide bonds.